The Morgan fingerprint density at radius 1 is 1.15 bits per heavy atom. The highest BCUT2D eigenvalue weighted by Gasteiger charge is 2.28. The van der Waals surface area contributed by atoms with E-state index in [1.807, 2.05) is 24.4 Å². The van der Waals surface area contributed by atoms with Crippen molar-refractivity contribution in [3.05, 3.63) is 65.6 Å². The highest BCUT2D eigenvalue weighted by Crippen LogP contribution is 2.34. The predicted molar refractivity (Wildman–Crippen MR) is 104 cm³/mol. The second-order valence-corrected chi connectivity index (χ2v) is 6.67. The summed E-state index contributed by atoms with van der Waals surface area (Å²) < 4.78 is 2.12. The van der Waals surface area contributed by atoms with E-state index < -0.39 is 0 Å². The van der Waals surface area contributed by atoms with E-state index in [0.717, 1.165) is 35.7 Å². The zero-order chi connectivity index (χ0) is 18.1. The molecule has 1 N–H and O–H groups in total. The highest BCUT2D eigenvalue weighted by atomic mass is 16.1. The summed E-state index contributed by atoms with van der Waals surface area (Å²) >= 11 is 0. The summed E-state index contributed by atoms with van der Waals surface area (Å²) in [6.07, 6.45) is 2.48. The molecule has 0 radical (unpaired) electrons. The quantitative estimate of drug-likeness (QED) is 0.787. The van der Waals surface area contributed by atoms with Crippen LogP contribution in [-0.2, 0) is 11.3 Å². The van der Waals surface area contributed by atoms with Gasteiger partial charge in [-0.3, -0.25) is 4.79 Å². The summed E-state index contributed by atoms with van der Waals surface area (Å²) in [5.74, 6) is 0.0844. The minimum atomic E-state index is 0.00986. The number of aromatic nitrogens is 2. The number of imidazole rings is 1. The fourth-order valence-corrected chi connectivity index (χ4v) is 3.88. The van der Waals surface area contributed by atoms with Crippen molar-refractivity contribution in [2.24, 2.45) is 0 Å². The largest absolute Gasteiger partial charge is 0.372 e. The summed E-state index contributed by atoms with van der Waals surface area (Å²) in [5, 5.41) is 2.99. The third kappa shape index (κ3) is 2.83. The number of nitrogens with zero attached hydrogens (tertiary/aromatic N) is 3. The van der Waals surface area contributed by atoms with Crippen molar-refractivity contribution >= 4 is 17.2 Å². The number of fused-ring (bicyclic) bond motifs is 3. The van der Waals surface area contributed by atoms with Crippen LogP contribution in [0.5, 0.6) is 0 Å². The third-order valence-electron chi connectivity index (χ3n) is 5.24. The van der Waals surface area contributed by atoms with Gasteiger partial charge in [0, 0.05) is 37.3 Å². The fourth-order valence-electron chi connectivity index (χ4n) is 3.88. The van der Waals surface area contributed by atoms with Gasteiger partial charge in [-0.15, -0.1) is 0 Å². The SMILES string of the molecule is CCN(CC)c1ccc([C@H]2CC(=O)NCc3nc4ccccn4c32)cc1. The molecule has 1 amide bonds. The van der Waals surface area contributed by atoms with Crippen molar-refractivity contribution in [1.82, 2.24) is 14.7 Å². The van der Waals surface area contributed by atoms with Crippen molar-refractivity contribution in [2.45, 2.75) is 32.7 Å². The lowest BCUT2D eigenvalue weighted by Crippen LogP contribution is -2.22. The summed E-state index contributed by atoms with van der Waals surface area (Å²) in [6, 6.07) is 14.6. The van der Waals surface area contributed by atoms with Crippen molar-refractivity contribution < 1.29 is 4.79 Å². The van der Waals surface area contributed by atoms with Crippen LogP contribution < -0.4 is 10.2 Å². The monoisotopic (exact) mass is 348 g/mol. The molecule has 0 saturated carbocycles. The number of benzene rings is 1. The Balaban J connectivity index is 1.79. The van der Waals surface area contributed by atoms with Crippen molar-refractivity contribution in [3.63, 3.8) is 0 Å². The van der Waals surface area contributed by atoms with Gasteiger partial charge in [0.2, 0.25) is 5.91 Å². The highest BCUT2D eigenvalue weighted by molar-refractivity contribution is 5.78. The number of rotatable bonds is 4. The zero-order valence-electron chi connectivity index (χ0n) is 15.3. The molecule has 1 aromatic carbocycles. The molecule has 1 atom stereocenters. The van der Waals surface area contributed by atoms with Gasteiger partial charge in [0.25, 0.3) is 0 Å². The minimum Gasteiger partial charge on any atom is -0.372 e. The first kappa shape index (κ1) is 16.6. The van der Waals surface area contributed by atoms with Crippen molar-refractivity contribution in [3.8, 4) is 0 Å². The van der Waals surface area contributed by atoms with Crippen LogP contribution in [0.15, 0.2) is 48.7 Å². The number of carbonyl (C=O) groups excluding carboxylic acids is 1. The van der Waals surface area contributed by atoms with Crippen LogP contribution in [0, 0.1) is 0 Å². The molecule has 1 aliphatic heterocycles. The Bertz CT molecular complexity index is 925. The smallest absolute Gasteiger partial charge is 0.221 e. The van der Waals surface area contributed by atoms with Crippen LogP contribution in [0.4, 0.5) is 5.69 Å². The molecule has 2 aromatic heterocycles. The van der Waals surface area contributed by atoms with Gasteiger partial charge >= 0.3 is 0 Å². The van der Waals surface area contributed by atoms with Crippen LogP contribution in [-0.4, -0.2) is 28.4 Å². The van der Waals surface area contributed by atoms with Gasteiger partial charge in [0.15, 0.2) is 0 Å². The van der Waals surface area contributed by atoms with Crippen LogP contribution in [0.1, 0.15) is 43.1 Å². The topological polar surface area (TPSA) is 49.6 Å². The van der Waals surface area contributed by atoms with Gasteiger partial charge in [0.05, 0.1) is 17.9 Å². The lowest BCUT2D eigenvalue weighted by atomic mass is 9.91. The van der Waals surface area contributed by atoms with Crippen molar-refractivity contribution in [1.29, 1.82) is 0 Å². The Morgan fingerprint density at radius 3 is 2.65 bits per heavy atom. The Kier molecular flexibility index (Phi) is 4.37. The van der Waals surface area contributed by atoms with E-state index in [9.17, 15) is 4.79 Å². The lowest BCUT2D eigenvalue weighted by molar-refractivity contribution is -0.121. The van der Waals surface area contributed by atoms with E-state index in [-0.39, 0.29) is 11.8 Å². The summed E-state index contributed by atoms with van der Waals surface area (Å²) in [7, 11) is 0. The average molecular weight is 348 g/mol. The average Bonchev–Trinajstić information content (AvgIpc) is 2.96. The predicted octanol–water partition coefficient (Wildman–Crippen LogP) is 3.33. The van der Waals surface area contributed by atoms with E-state index in [0.29, 0.717) is 13.0 Å². The number of hydrogen-bond donors (Lipinski definition) is 1. The number of amides is 1. The maximum absolute atomic E-state index is 12.3. The molecule has 0 saturated heterocycles. The maximum Gasteiger partial charge on any atom is 0.221 e. The van der Waals surface area contributed by atoms with Gasteiger partial charge in [-0.2, -0.15) is 0 Å². The van der Waals surface area contributed by atoms with Crippen molar-refractivity contribution in [2.75, 3.05) is 18.0 Å². The number of nitrogens with one attached hydrogen (secondary N) is 1. The molecule has 0 unspecified atom stereocenters. The molecule has 3 heterocycles. The van der Waals surface area contributed by atoms with E-state index in [2.05, 4.69) is 52.7 Å². The summed E-state index contributed by atoms with van der Waals surface area (Å²) in [5.41, 5.74) is 5.38. The first-order valence-electron chi connectivity index (χ1n) is 9.28. The minimum absolute atomic E-state index is 0.00986. The standard InChI is InChI=1S/C21H24N4O/c1-3-24(4-2)16-10-8-15(9-11-16)17-13-20(26)22-14-18-21(17)25-12-6-5-7-19(25)23-18/h5-12,17H,3-4,13-14H2,1-2H3,(H,22,26)/t17-/m1/s1. The first-order chi connectivity index (χ1) is 12.7. The molecule has 3 aromatic rings. The summed E-state index contributed by atoms with van der Waals surface area (Å²) in [4.78, 5) is 19.3. The van der Waals surface area contributed by atoms with Gasteiger partial charge < -0.3 is 14.6 Å². The zero-order valence-corrected chi connectivity index (χ0v) is 15.3. The summed E-state index contributed by atoms with van der Waals surface area (Å²) in [6.45, 7) is 6.79. The number of pyridine rings is 1. The number of hydrogen-bond acceptors (Lipinski definition) is 3. The van der Waals surface area contributed by atoms with Crippen LogP contribution in [0.2, 0.25) is 0 Å². The molecule has 134 valence electrons. The molecule has 0 bridgehead atoms. The number of carbonyl (C=O) groups is 1. The molecule has 0 fully saturated rings. The Hall–Kier alpha value is -2.82. The Labute approximate surface area is 153 Å². The van der Waals surface area contributed by atoms with Gasteiger partial charge in [-0.05, 0) is 43.7 Å². The molecule has 5 nitrogen and oxygen atoms in total. The van der Waals surface area contributed by atoms with E-state index >= 15 is 0 Å². The Morgan fingerprint density at radius 2 is 1.92 bits per heavy atom. The second kappa shape index (κ2) is 6.83. The van der Waals surface area contributed by atoms with Crippen LogP contribution >= 0.6 is 0 Å². The molecule has 1 aliphatic rings. The maximum atomic E-state index is 12.3. The lowest BCUT2D eigenvalue weighted by Gasteiger charge is -2.22. The van der Waals surface area contributed by atoms with E-state index in [1.165, 1.54) is 5.69 Å². The molecule has 4 rings (SSSR count). The third-order valence-corrected chi connectivity index (χ3v) is 5.24. The van der Waals surface area contributed by atoms with E-state index in [4.69, 9.17) is 4.98 Å². The van der Waals surface area contributed by atoms with E-state index in [1.54, 1.807) is 0 Å². The molecule has 0 spiro atoms. The molecule has 26 heavy (non-hydrogen) atoms. The molecular formula is C21H24N4O. The first-order valence-corrected chi connectivity index (χ1v) is 9.28. The van der Waals surface area contributed by atoms with Crippen LogP contribution in [0.3, 0.4) is 0 Å². The molecule has 0 aliphatic carbocycles. The normalized spacial score (nSPS) is 16.8. The molecule has 5 heteroatoms. The van der Waals surface area contributed by atoms with Gasteiger partial charge in [-0.25, -0.2) is 4.98 Å². The van der Waals surface area contributed by atoms with Crippen LogP contribution in [0.25, 0.3) is 5.65 Å². The second-order valence-electron chi connectivity index (χ2n) is 6.67. The van der Waals surface area contributed by atoms with Gasteiger partial charge in [-0.1, -0.05) is 18.2 Å². The van der Waals surface area contributed by atoms with Gasteiger partial charge in [0.1, 0.15) is 5.65 Å². The fraction of sp³-hybridized carbons (Fsp3) is 0.333. The number of anilines is 1. The molecular weight excluding hydrogens is 324 g/mol.